The van der Waals surface area contributed by atoms with Gasteiger partial charge >= 0.3 is 0 Å². The van der Waals surface area contributed by atoms with E-state index in [4.69, 9.17) is 4.98 Å². The third-order valence-electron chi connectivity index (χ3n) is 3.23. The van der Waals surface area contributed by atoms with E-state index in [2.05, 4.69) is 52.4 Å². The van der Waals surface area contributed by atoms with E-state index in [1.807, 2.05) is 30.3 Å². The lowest BCUT2D eigenvalue weighted by Gasteiger charge is -2.11. The maximum absolute atomic E-state index is 4.80. The minimum absolute atomic E-state index is 0.889. The lowest BCUT2D eigenvalue weighted by molar-refractivity contribution is 1.21. The largest absolute Gasteiger partial charge is 0.385 e. The van der Waals surface area contributed by atoms with Crippen LogP contribution < -0.4 is 5.32 Å². The van der Waals surface area contributed by atoms with Crippen LogP contribution in [-0.4, -0.2) is 11.5 Å². The van der Waals surface area contributed by atoms with Crippen molar-refractivity contribution >= 4 is 32.5 Å². The molecule has 0 amide bonds. The van der Waals surface area contributed by atoms with E-state index in [1.165, 1.54) is 0 Å². The van der Waals surface area contributed by atoms with Crippen LogP contribution >= 0.6 is 15.9 Å². The maximum Gasteiger partial charge on any atom is 0.0872 e. The number of aromatic nitrogens is 1. The fraction of sp³-hybridized carbons (Fsp3) is 0.118. The van der Waals surface area contributed by atoms with Gasteiger partial charge in [0.1, 0.15) is 0 Å². The van der Waals surface area contributed by atoms with Gasteiger partial charge in [-0.2, -0.15) is 0 Å². The number of hydrogen-bond donors (Lipinski definition) is 1. The van der Waals surface area contributed by atoms with Crippen LogP contribution in [0.4, 0.5) is 5.69 Å². The SMILES string of the molecule is CCNc1cc(-c2ccccc2)nc2c(Br)cccc12. The lowest BCUT2D eigenvalue weighted by atomic mass is 10.1. The summed E-state index contributed by atoms with van der Waals surface area (Å²) in [4.78, 5) is 4.80. The third kappa shape index (κ3) is 2.41. The number of rotatable bonds is 3. The van der Waals surface area contributed by atoms with Crippen LogP contribution in [-0.2, 0) is 0 Å². The van der Waals surface area contributed by atoms with Gasteiger partial charge in [0.2, 0.25) is 0 Å². The second kappa shape index (κ2) is 5.63. The molecule has 0 unspecified atom stereocenters. The fourth-order valence-electron chi connectivity index (χ4n) is 2.31. The van der Waals surface area contributed by atoms with Crippen LogP contribution in [0, 0.1) is 0 Å². The molecule has 0 radical (unpaired) electrons. The first-order valence-electron chi connectivity index (χ1n) is 6.68. The summed E-state index contributed by atoms with van der Waals surface area (Å²) in [6, 6.07) is 18.5. The Balaban J connectivity index is 2.27. The topological polar surface area (TPSA) is 24.9 Å². The van der Waals surface area contributed by atoms with Gasteiger partial charge in [0.05, 0.1) is 11.2 Å². The Bertz CT molecular complexity index is 739. The molecule has 0 bridgehead atoms. The van der Waals surface area contributed by atoms with Crippen molar-refractivity contribution in [2.24, 2.45) is 0 Å². The molecule has 3 aromatic rings. The molecule has 0 saturated heterocycles. The molecule has 0 spiro atoms. The summed E-state index contributed by atoms with van der Waals surface area (Å²) in [5, 5.41) is 4.57. The second-order valence-corrected chi connectivity index (χ2v) is 5.44. The van der Waals surface area contributed by atoms with E-state index >= 15 is 0 Å². The Kier molecular flexibility index (Phi) is 3.70. The van der Waals surface area contributed by atoms with Crippen molar-refractivity contribution in [1.82, 2.24) is 4.98 Å². The Morgan fingerprint density at radius 1 is 1.05 bits per heavy atom. The second-order valence-electron chi connectivity index (χ2n) is 4.59. The Morgan fingerprint density at radius 3 is 2.60 bits per heavy atom. The molecule has 3 heteroatoms. The zero-order chi connectivity index (χ0) is 13.9. The minimum atomic E-state index is 0.889. The van der Waals surface area contributed by atoms with Crippen LogP contribution in [0.2, 0.25) is 0 Å². The first-order valence-corrected chi connectivity index (χ1v) is 7.47. The monoisotopic (exact) mass is 326 g/mol. The molecular formula is C17H15BrN2. The van der Waals surface area contributed by atoms with Crippen LogP contribution in [0.25, 0.3) is 22.2 Å². The number of halogens is 1. The lowest BCUT2D eigenvalue weighted by Crippen LogP contribution is -1.99. The summed E-state index contributed by atoms with van der Waals surface area (Å²) in [5.74, 6) is 0. The van der Waals surface area contributed by atoms with Gasteiger partial charge in [0.15, 0.2) is 0 Å². The number of nitrogens with one attached hydrogen (secondary N) is 1. The molecule has 0 fully saturated rings. The molecule has 1 N–H and O–H groups in total. The van der Waals surface area contributed by atoms with Crippen LogP contribution in [0.15, 0.2) is 59.1 Å². The molecule has 0 aliphatic carbocycles. The Labute approximate surface area is 127 Å². The molecule has 20 heavy (non-hydrogen) atoms. The first-order chi connectivity index (χ1) is 9.79. The van der Waals surface area contributed by atoms with Crippen molar-refractivity contribution in [3.05, 3.63) is 59.1 Å². The maximum atomic E-state index is 4.80. The molecule has 2 nitrogen and oxygen atoms in total. The number of fused-ring (bicyclic) bond motifs is 1. The van der Waals surface area contributed by atoms with Crippen molar-refractivity contribution in [2.75, 3.05) is 11.9 Å². The molecule has 0 aliphatic heterocycles. The van der Waals surface area contributed by atoms with Crippen molar-refractivity contribution in [2.45, 2.75) is 6.92 Å². The number of benzene rings is 2. The molecule has 100 valence electrons. The van der Waals surface area contributed by atoms with Crippen LogP contribution in [0.3, 0.4) is 0 Å². The molecule has 2 aromatic carbocycles. The number of para-hydroxylation sites is 1. The van der Waals surface area contributed by atoms with Crippen molar-refractivity contribution in [3.8, 4) is 11.3 Å². The predicted octanol–water partition coefficient (Wildman–Crippen LogP) is 5.10. The number of pyridine rings is 1. The van der Waals surface area contributed by atoms with Gasteiger partial charge in [-0.05, 0) is 35.0 Å². The van der Waals surface area contributed by atoms with Gasteiger partial charge < -0.3 is 5.32 Å². The molecule has 3 rings (SSSR count). The summed E-state index contributed by atoms with van der Waals surface area (Å²) in [7, 11) is 0. The fourth-order valence-corrected chi connectivity index (χ4v) is 2.76. The zero-order valence-corrected chi connectivity index (χ0v) is 12.8. The zero-order valence-electron chi connectivity index (χ0n) is 11.2. The van der Waals surface area contributed by atoms with Gasteiger partial charge in [0.25, 0.3) is 0 Å². The summed E-state index contributed by atoms with van der Waals surface area (Å²) in [5.41, 5.74) is 4.23. The summed E-state index contributed by atoms with van der Waals surface area (Å²) >= 11 is 3.60. The van der Waals surface area contributed by atoms with Gasteiger partial charge in [-0.25, -0.2) is 4.98 Å². The summed E-state index contributed by atoms with van der Waals surface area (Å²) in [6.45, 7) is 2.99. The van der Waals surface area contributed by atoms with Crippen molar-refractivity contribution in [1.29, 1.82) is 0 Å². The highest BCUT2D eigenvalue weighted by molar-refractivity contribution is 9.10. The standard InChI is InChI=1S/C17H15BrN2/c1-2-19-16-11-15(12-7-4-3-5-8-12)20-17-13(16)9-6-10-14(17)18/h3-11H,2H2,1H3,(H,19,20). The number of anilines is 1. The van der Waals surface area contributed by atoms with Gasteiger partial charge in [0, 0.05) is 27.7 Å². The minimum Gasteiger partial charge on any atom is -0.385 e. The van der Waals surface area contributed by atoms with E-state index in [0.717, 1.165) is 38.9 Å². The molecule has 0 atom stereocenters. The quantitative estimate of drug-likeness (QED) is 0.724. The third-order valence-corrected chi connectivity index (χ3v) is 3.87. The van der Waals surface area contributed by atoms with Gasteiger partial charge in [-0.15, -0.1) is 0 Å². The van der Waals surface area contributed by atoms with Crippen LogP contribution in [0.1, 0.15) is 6.92 Å². The van der Waals surface area contributed by atoms with E-state index in [0.29, 0.717) is 0 Å². The van der Waals surface area contributed by atoms with Crippen molar-refractivity contribution in [3.63, 3.8) is 0 Å². The molecular weight excluding hydrogens is 312 g/mol. The van der Waals surface area contributed by atoms with E-state index in [9.17, 15) is 0 Å². The highest BCUT2D eigenvalue weighted by Gasteiger charge is 2.09. The molecule has 1 heterocycles. The first kappa shape index (κ1) is 13.1. The molecule has 0 aliphatic rings. The smallest absolute Gasteiger partial charge is 0.0872 e. The normalized spacial score (nSPS) is 10.7. The Morgan fingerprint density at radius 2 is 1.85 bits per heavy atom. The molecule has 1 aromatic heterocycles. The van der Waals surface area contributed by atoms with Gasteiger partial charge in [-0.1, -0.05) is 42.5 Å². The van der Waals surface area contributed by atoms with E-state index in [-0.39, 0.29) is 0 Å². The molecule has 0 saturated carbocycles. The average molecular weight is 327 g/mol. The highest BCUT2D eigenvalue weighted by Crippen LogP contribution is 2.31. The van der Waals surface area contributed by atoms with E-state index < -0.39 is 0 Å². The highest BCUT2D eigenvalue weighted by atomic mass is 79.9. The van der Waals surface area contributed by atoms with Crippen LogP contribution in [0.5, 0.6) is 0 Å². The van der Waals surface area contributed by atoms with Gasteiger partial charge in [-0.3, -0.25) is 0 Å². The number of nitrogens with zero attached hydrogens (tertiary/aromatic N) is 1. The summed E-state index contributed by atoms with van der Waals surface area (Å²) in [6.07, 6.45) is 0. The number of hydrogen-bond acceptors (Lipinski definition) is 2. The van der Waals surface area contributed by atoms with Crippen molar-refractivity contribution < 1.29 is 0 Å². The summed E-state index contributed by atoms with van der Waals surface area (Å²) < 4.78 is 1.02. The van der Waals surface area contributed by atoms with E-state index in [1.54, 1.807) is 0 Å². The predicted molar refractivity (Wildman–Crippen MR) is 89.0 cm³/mol. The Hall–Kier alpha value is -1.87. The average Bonchev–Trinajstić information content (AvgIpc) is 2.49.